The van der Waals surface area contributed by atoms with E-state index in [0.717, 1.165) is 19.3 Å². The third kappa shape index (κ3) is 6.94. The number of hydrogen-bond donors (Lipinski definition) is 2. The second kappa shape index (κ2) is 7.26. The van der Waals surface area contributed by atoms with E-state index >= 15 is 0 Å². The minimum atomic E-state index is -0.756. The first-order valence-electron chi connectivity index (χ1n) is 5.40. The van der Waals surface area contributed by atoms with Crippen molar-refractivity contribution >= 4 is 11.9 Å². The molecule has 0 aliphatic heterocycles. The number of aliphatic carboxylic acids is 2. The Balaban J connectivity index is 3.40. The normalized spacial score (nSPS) is 14.5. The fourth-order valence-corrected chi connectivity index (χ4v) is 1.32. The standard InChI is InChI=1S/C11H20O4/c1-8(10(12)13)6-4-3-5-7-9(2)11(14)15/h8-9H,3-7H2,1-2H3,(H,12,13)(H,14,15)/t8-,9-/m0/s1. The van der Waals surface area contributed by atoms with Gasteiger partial charge in [0.25, 0.3) is 0 Å². The van der Waals surface area contributed by atoms with E-state index in [1.54, 1.807) is 13.8 Å². The Morgan fingerprint density at radius 1 is 0.867 bits per heavy atom. The summed E-state index contributed by atoms with van der Waals surface area (Å²) in [5.41, 5.74) is 0. The van der Waals surface area contributed by atoms with Crippen molar-refractivity contribution in [2.75, 3.05) is 0 Å². The summed E-state index contributed by atoms with van der Waals surface area (Å²) in [4.78, 5) is 21.0. The summed E-state index contributed by atoms with van der Waals surface area (Å²) in [6.07, 6.45) is 3.99. The Bertz CT molecular complexity index is 191. The first-order valence-corrected chi connectivity index (χ1v) is 5.40. The van der Waals surface area contributed by atoms with Crippen LogP contribution in [0.1, 0.15) is 46.0 Å². The molecule has 0 aliphatic rings. The number of hydrogen-bond acceptors (Lipinski definition) is 2. The zero-order valence-electron chi connectivity index (χ0n) is 9.40. The largest absolute Gasteiger partial charge is 0.481 e. The van der Waals surface area contributed by atoms with E-state index in [-0.39, 0.29) is 11.8 Å². The van der Waals surface area contributed by atoms with Crippen LogP contribution in [0.15, 0.2) is 0 Å². The molecular weight excluding hydrogens is 196 g/mol. The van der Waals surface area contributed by atoms with E-state index < -0.39 is 11.9 Å². The van der Waals surface area contributed by atoms with Crippen molar-refractivity contribution in [3.05, 3.63) is 0 Å². The van der Waals surface area contributed by atoms with Gasteiger partial charge < -0.3 is 10.2 Å². The zero-order valence-corrected chi connectivity index (χ0v) is 9.40. The molecule has 88 valence electrons. The highest BCUT2D eigenvalue weighted by molar-refractivity contribution is 5.69. The fourth-order valence-electron chi connectivity index (χ4n) is 1.32. The van der Waals surface area contributed by atoms with Crippen molar-refractivity contribution in [3.63, 3.8) is 0 Å². The van der Waals surface area contributed by atoms with Crippen molar-refractivity contribution in [1.82, 2.24) is 0 Å². The topological polar surface area (TPSA) is 74.6 Å². The summed E-state index contributed by atoms with van der Waals surface area (Å²) in [7, 11) is 0. The molecule has 0 bridgehead atoms. The number of carboxylic acids is 2. The first kappa shape index (κ1) is 13.9. The SMILES string of the molecule is C[C@@H](CCCCC[C@H](C)C(=O)O)C(=O)O. The van der Waals surface area contributed by atoms with Crippen molar-refractivity contribution in [2.45, 2.75) is 46.0 Å². The molecule has 0 aromatic rings. The van der Waals surface area contributed by atoms with Crippen LogP contribution < -0.4 is 0 Å². The highest BCUT2D eigenvalue weighted by atomic mass is 16.4. The molecule has 0 aromatic carbocycles. The van der Waals surface area contributed by atoms with E-state index in [2.05, 4.69) is 0 Å². The summed E-state index contributed by atoms with van der Waals surface area (Å²) in [6, 6.07) is 0. The summed E-state index contributed by atoms with van der Waals surface area (Å²) < 4.78 is 0. The monoisotopic (exact) mass is 216 g/mol. The highest BCUT2D eigenvalue weighted by Gasteiger charge is 2.11. The van der Waals surface area contributed by atoms with E-state index in [0.29, 0.717) is 12.8 Å². The van der Waals surface area contributed by atoms with Crippen LogP contribution in [0.3, 0.4) is 0 Å². The molecule has 2 atom stereocenters. The molecule has 0 aromatic heterocycles. The van der Waals surface area contributed by atoms with Crippen molar-refractivity contribution < 1.29 is 19.8 Å². The maximum atomic E-state index is 10.5. The lowest BCUT2D eigenvalue weighted by Gasteiger charge is -2.07. The third-order valence-corrected chi connectivity index (χ3v) is 2.62. The molecule has 0 heterocycles. The van der Waals surface area contributed by atoms with Crippen LogP contribution in [0.2, 0.25) is 0 Å². The van der Waals surface area contributed by atoms with E-state index in [1.807, 2.05) is 0 Å². The molecule has 0 saturated carbocycles. The lowest BCUT2D eigenvalue weighted by atomic mass is 9.99. The van der Waals surface area contributed by atoms with Crippen molar-refractivity contribution in [1.29, 1.82) is 0 Å². The maximum Gasteiger partial charge on any atom is 0.306 e. The first-order chi connectivity index (χ1) is 6.95. The van der Waals surface area contributed by atoms with Crippen LogP contribution >= 0.6 is 0 Å². The smallest absolute Gasteiger partial charge is 0.306 e. The van der Waals surface area contributed by atoms with Crippen LogP contribution in [-0.4, -0.2) is 22.2 Å². The van der Waals surface area contributed by atoms with Crippen molar-refractivity contribution in [3.8, 4) is 0 Å². The third-order valence-electron chi connectivity index (χ3n) is 2.62. The molecule has 2 N–H and O–H groups in total. The molecule has 0 spiro atoms. The second-order valence-electron chi connectivity index (χ2n) is 4.12. The second-order valence-corrected chi connectivity index (χ2v) is 4.12. The number of rotatable bonds is 8. The van der Waals surface area contributed by atoms with Crippen LogP contribution in [-0.2, 0) is 9.59 Å². The van der Waals surface area contributed by atoms with E-state index in [9.17, 15) is 9.59 Å². The molecule has 4 nitrogen and oxygen atoms in total. The summed E-state index contributed by atoms with van der Waals surface area (Å²) in [5.74, 6) is -2.09. The van der Waals surface area contributed by atoms with Gasteiger partial charge in [0, 0.05) is 0 Å². The molecule has 0 saturated heterocycles. The van der Waals surface area contributed by atoms with Gasteiger partial charge in [-0.3, -0.25) is 9.59 Å². The maximum absolute atomic E-state index is 10.5. The molecule has 0 radical (unpaired) electrons. The molecule has 4 heteroatoms. The molecule has 15 heavy (non-hydrogen) atoms. The van der Waals surface area contributed by atoms with E-state index in [4.69, 9.17) is 10.2 Å². The van der Waals surface area contributed by atoms with Crippen LogP contribution in [0.5, 0.6) is 0 Å². The number of carbonyl (C=O) groups is 2. The predicted molar refractivity (Wildman–Crippen MR) is 56.7 cm³/mol. The molecule has 0 amide bonds. The Morgan fingerprint density at radius 2 is 1.20 bits per heavy atom. The van der Waals surface area contributed by atoms with Crippen LogP contribution in [0, 0.1) is 11.8 Å². The average Bonchev–Trinajstić information content (AvgIpc) is 2.16. The van der Waals surface area contributed by atoms with Gasteiger partial charge in [0.1, 0.15) is 0 Å². The molecule has 0 rings (SSSR count). The Labute approximate surface area is 90.3 Å². The molecule has 0 aliphatic carbocycles. The molecular formula is C11H20O4. The van der Waals surface area contributed by atoms with Crippen LogP contribution in [0.25, 0.3) is 0 Å². The molecule has 0 unspecified atom stereocenters. The summed E-state index contributed by atoms with van der Waals surface area (Å²) in [6.45, 7) is 3.39. The highest BCUT2D eigenvalue weighted by Crippen LogP contribution is 2.13. The Hall–Kier alpha value is -1.06. The van der Waals surface area contributed by atoms with Gasteiger partial charge in [-0.2, -0.15) is 0 Å². The molecule has 0 fully saturated rings. The van der Waals surface area contributed by atoms with Gasteiger partial charge in [-0.05, 0) is 12.8 Å². The minimum Gasteiger partial charge on any atom is -0.481 e. The van der Waals surface area contributed by atoms with Gasteiger partial charge in [-0.25, -0.2) is 0 Å². The van der Waals surface area contributed by atoms with E-state index in [1.165, 1.54) is 0 Å². The zero-order chi connectivity index (χ0) is 11.8. The Morgan fingerprint density at radius 3 is 1.47 bits per heavy atom. The van der Waals surface area contributed by atoms with Gasteiger partial charge >= 0.3 is 11.9 Å². The lowest BCUT2D eigenvalue weighted by Crippen LogP contribution is -2.10. The number of unbranched alkanes of at least 4 members (excludes halogenated alkanes) is 2. The minimum absolute atomic E-state index is 0.290. The number of carboxylic acid groups (broad SMARTS) is 2. The van der Waals surface area contributed by atoms with Gasteiger partial charge in [0.15, 0.2) is 0 Å². The van der Waals surface area contributed by atoms with Gasteiger partial charge in [0.05, 0.1) is 11.8 Å². The quantitative estimate of drug-likeness (QED) is 0.611. The van der Waals surface area contributed by atoms with Gasteiger partial charge in [-0.15, -0.1) is 0 Å². The summed E-state index contributed by atoms with van der Waals surface area (Å²) >= 11 is 0. The van der Waals surface area contributed by atoms with Crippen molar-refractivity contribution in [2.24, 2.45) is 11.8 Å². The van der Waals surface area contributed by atoms with Gasteiger partial charge in [-0.1, -0.05) is 33.1 Å². The lowest BCUT2D eigenvalue weighted by molar-refractivity contribution is -0.142. The summed E-state index contributed by atoms with van der Waals surface area (Å²) in [5, 5.41) is 17.2. The van der Waals surface area contributed by atoms with Gasteiger partial charge in [0.2, 0.25) is 0 Å². The Kier molecular flexibility index (Phi) is 6.75. The fraction of sp³-hybridized carbons (Fsp3) is 0.818. The van der Waals surface area contributed by atoms with Crippen LogP contribution in [0.4, 0.5) is 0 Å². The average molecular weight is 216 g/mol. The predicted octanol–water partition coefficient (Wildman–Crippen LogP) is 2.38.